The van der Waals surface area contributed by atoms with Gasteiger partial charge in [-0.05, 0) is 42.3 Å². The van der Waals surface area contributed by atoms with Gasteiger partial charge in [-0.25, -0.2) is 4.39 Å². The fraction of sp³-hybridized carbons (Fsp3) is 0.381. The zero-order chi connectivity index (χ0) is 19.2. The summed E-state index contributed by atoms with van der Waals surface area (Å²) in [5, 5.41) is 2.90. The first-order valence-corrected chi connectivity index (χ1v) is 9.10. The molecule has 1 atom stereocenters. The minimum absolute atomic E-state index is 0.184. The van der Waals surface area contributed by atoms with Crippen molar-refractivity contribution in [2.45, 2.75) is 19.5 Å². The third-order valence-corrected chi connectivity index (χ3v) is 4.75. The summed E-state index contributed by atoms with van der Waals surface area (Å²) in [7, 11) is 1.42. The summed E-state index contributed by atoms with van der Waals surface area (Å²) in [5.74, 6) is -0.437. The highest BCUT2D eigenvalue weighted by Gasteiger charge is 2.15. The number of benzene rings is 2. The van der Waals surface area contributed by atoms with Gasteiger partial charge in [0.05, 0.1) is 26.4 Å². The summed E-state index contributed by atoms with van der Waals surface area (Å²) in [6, 6.07) is 12.0. The number of carbonyl (C=O) groups excluding carboxylic acids is 1. The molecule has 144 valence electrons. The maximum atomic E-state index is 13.9. The van der Waals surface area contributed by atoms with E-state index in [1.54, 1.807) is 12.1 Å². The van der Waals surface area contributed by atoms with Gasteiger partial charge in [-0.15, -0.1) is 0 Å². The van der Waals surface area contributed by atoms with E-state index >= 15 is 0 Å². The van der Waals surface area contributed by atoms with Gasteiger partial charge in [0.25, 0.3) is 5.91 Å². The average molecular weight is 372 g/mol. The van der Waals surface area contributed by atoms with E-state index < -0.39 is 5.82 Å². The Morgan fingerprint density at radius 3 is 2.56 bits per heavy atom. The first kappa shape index (κ1) is 19.3. The number of hydrogen-bond donors (Lipinski definition) is 1. The highest BCUT2D eigenvalue weighted by Crippen LogP contribution is 2.22. The van der Waals surface area contributed by atoms with Crippen LogP contribution in [0.4, 0.5) is 4.39 Å². The lowest BCUT2D eigenvalue weighted by molar-refractivity contribution is 0.0342. The van der Waals surface area contributed by atoms with Crippen LogP contribution in [0, 0.1) is 5.82 Å². The number of halogens is 1. The number of nitrogens with zero attached hydrogens (tertiary/aromatic N) is 1. The first-order valence-electron chi connectivity index (χ1n) is 9.10. The van der Waals surface area contributed by atoms with Gasteiger partial charge in [0.15, 0.2) is 11.6 Å². The van der Waals surface area contributed by atoms with Crippen LogP contribution in [0.2, 0.25) is 0 Å². The topological polar surface area (TPSA) is 50.8 Å². The molecule has 2 aromatic rings. The van der Waals surface area contributed by atoms with Gasteiger partial charge in [0, 0.05) is 25.2 Å². The van der Waals surface area contributed by atoms with Crippen molar-refractivity contribution in [3.63, 3.8) is 0 Å². The third kappa shape index (κ3) is 5.05. The minimum Gasteiger partial charge on any atom is -0.494 e. The van der Waals surface area contributed by atoms with Crippen LogP contribution in [0.5, 0.6) is 5.75 Å². The summed E-state index contributed by atoms with van der Waals surface area (Å²) < 4.78 is 24.1. The van der Waals surface area contributed by atoms with Crippen LogP contribution in [0.15, 0.2) is 42.5 Å². The largest absolute Gasteiger partial charge is 0.494 e. The molecule has 0 radical (unpaired) electrons. The molecule has 0 aliphatic carbocycles. The van der Waals surface area contributed by atoms with Crippen LogP contribution in [-0.2, 0) is 11.3 Å². The zero-order valence-electron chi connectivity index (χ0n) is 15.7. The molecule has 1 unspecified atom stereocenters. The van der Waals surface area contributed by atoms with Crippen molar-refractivity contribution in [2.75, 3.05) is 33.4 Å². The summed E-state index contributed by atoms with van der Waals surface area (Å²) in [6.45, 7) is 6.07. The molecule has 1 fully saturated rings. The van der Waals surface area contributed by atoms with Crippen molar-refractivity contribution in [1.82, 2.24) is 10.2 Å². The number of morpholine rings is 1. The molecule has 1 N–H and O–H groups in total. The van der Waals surface area contributed by atoms with E-state index in [4.69, 9.17) is 9.47 Å². The van der Waals surface area contributed by atoms with Crippen LogP contribution in [0.1, 0.15) is 34.5 Å². The fourth-order valence-electron chi connectivity index (χ4n) is 3.09. The van der Waals surface area contributed by atoms with Crippen LogP contribution < -0.4 is 10.1 Å². The van der Waals surface area contributed by atoms with E-state index in [1.165, 1.54) is 18.7 Å². The Kier molecular flexibility index (Phi) is 6.42. The number of carbonyl (C=O) groups is 1. The van der Waals surface area contributed by atoms with Gasteiger partial charge in [0.2, 0.25) is 0 Å². The number of rotatable bonds is 6. The standard InChI is InChI=1S/C21H25FN2O3/c1-15(18-7-8-20(26-2)19(22)13-18)23-21(25)17-5-3-16(4-6-17)14-24-9-11-27-12-10-24/h3-8,13,15H,9-12,14H2,1-2H3,(H,23,25). The second-order valence-corrected chi connectivity index (χ2v) is 6.67. The van der Waals surface area contributed by atoms with Crippen molar-refractivity contribution >= 4 is 5.91 Å². The Morgan fingerprint density at radius 2 is 1.93 bits per heavy atom. The lowest BCUT2D eigenvalue weighted by Crippen LogP contribution is -2.35. The maximum Gasteiger partial charge on any atom is 0.251 e. The Morgan fingerprint density at radius 1 is 1.22 bits per heavy atom. The van der Waals surface area contributed by atoms with Crippen LogP contribution in [-0.4, -0.2) is 44.2 Å². The molecule has 2 aromatic carbocycles. The maximum absolute atomic E-state index is 13.9. The van der Waals surface area contributed by atoms with Crippen LogP contribution in [0.25, 0.3) is 0 Å². The summed E-state index contributed by atoms with van der Waals surface area (Å²) in [6.07, 6.45) is 0. The average Bonchev–Trinajstić information content (AvgIpc) is 2.69. The van der Waals surface area contributed by atoms with E-state index in [0.717, 1.165) is 32.8 Å². The van der Waals surface area contributed by atoms with Gasteiger partial charge >= 0.3 is 0 Å². The Labute approximate surface area is 159 Å². The molecule has 3 rings (SSSR count). The molecule has 27 heavy (non-hydrogen) atoms. The molecule has 1 saturated heterocycles. The molecule has 0 spiro atoms. The van der Waals surface area contributed by atoms with Gasteiger partial charge in [-0.1, -0.05) is 18.2 Å². The van der Waals surface area contributed by atoms with E-state index in [1.807, 2.05) is 31.2 Å². The molecule has 6 heteroatoms. The zero-order valence-corrected chi connectivity index (χ0v) is 15.7. The molecule has 1 aliphatic heterocycles. The van der Waals surface area contributed by atoms with Crippen molar-refractivity contribution in [1.29, 1.82) is 0 Å². The van der Waals surface area contributed by atoms with Gasteiger partial charge in [0.1, 0.15) is 0 Å². The molecule has 0 bridgehead atoms. The summed E-state index contributed by atoms with van der Waals surface area (Å²) >= 11 is 0. The molecular formula is C21H25FN2O3. The SMILES string of the molecule is COc1ccc(C(C)NC(=O)c2ccc(CN3CCOCC3)cc2)cc1F. The van der Waals surface area contributed by atoms with E-state index in [2.05, 4.69) is 10.2 Å². The lowest BCUT2D eigenvalue weighted by atomic mass is 10.1. The Bertz CT molecular complexity index is 773. The third-order valence-electron chi connectivity index (χ3n) is 4.75. The first-order chi connectivity index (χ1) is 13.1. The van der Waals surface area contributed by atoms with Crippen molar-refractivity contribution < 1.29 is 18.7 Å². The number of hydrogen-bond acceptors (Lipinski definition) is 4. The van der Waals surface area contributed by atoms with E-state index in [-0.39, 0.29) is 17.7 Å². The second kappa shape index (κ2) is 8.97. The van der Waals surface area contributed by atoms with E-state index in [9.17, 15) is 9.18 Å². The number of methoxy groups -OCH3 is 1. The number of ether oxygens (including phenoxy) is 2. The molecule has 0 aromatic heterocycles. The van der Waals surface area contributed by atoms with Gasteiger partial charge in [-0.2, -0.15) is 0 Å². The monoisotopic (exact) mass is 372 g/mol. The quantitative estimate of drug-likeness (QED) is 0.846. The molecule has 1 amide bonds. The predicted octanol–water partition coefficient (Wildman–Crippen LogP) is 3.16. The van der Waals surface area contributed by atoms with Crippen molar-refractivity contribution in [3.8, 4) is 5.75 Å². The van der Waals surface area contributed by atoms with Crippen LogP contribution >= 0.6 is 0 Å². The molecule has 5 nitrogen and oxygen atoms in total. The highest BCUT2D eigenvalue weighted by molar-refractivity contribution is 5.94. The smallest absolute Gasteiger partial charge is 0.251 e. The summed E-state index contributed by atoms with van der Waals surface area (Å²) in [5.41, 5.74) is 2.44. The highest BCUT2D eigenvalue weighted by atomic mass is 19.1. The fourth-order valence-corrected chi connectivity index (χ4v) is 3.09. The number of amides is 1. The van der Waals surface area contributed by atoms with Crippen molar-refractivity contribution in [2.24, 2.45) is 0 Å². The minimum atomic E-state index is -0.441. The second-order valence-electron chi connectivity index (χ2n) is 6.67. The van der Waals surface area contributed by atoms with Crippen molar-refractivity contribution in [3.05, 3.63) is 65.0 Å². The molecule has 1 heterocycles. The molecular weight excluding hydrogens is 347 g/mol. The Hall–Kier alpha value is -2.44. The summed E-state index contributed by atoms with van der Waals surface area (Å²) in [4.78, 5) is 14.8. The van der Waals surface area contributed by atoms with Crippen LogP contribution in [0.3, 0.4) is 0 Å². The number of nitrogens with one attached hydrogen (secondary N) is 1. The lowest BCUT2D eigenvalue weighted by Gasteiger charge is -2.26. The predicted molar refractivity (Wildman–Crippen MR) is 101 cm³/mol. The van der Waals surface area contributed by atoms with Gasteiger partial charge < -0.3 is 14.8 Å². The van der Waals surface area contributed by atoms with E-state index in [0.29, 0.717) is 11.1 Å². The normalized spacial score (nSPS) is 16.0. The van der Waals surface area contributed by atoms with Gasteiger partial charge in [-0.3, -0.25) is 9.69 Å². The molecule has 1 aliphatic rings. The molecule has 0 saturated carbocycles. The Balaban J connectivity index is 1.59.